The van der Waals surface area contributed by atoms with E-state index in [1.807, 2.05) is 0 Å². The Kier molecular flexibility index (Phi) is 6.92. The molecule has 0 radical (unpaired) electrons. The maximum absolute atomic E-state index is 11.9. The van der Waals surface area contributed by atoms with Crippen molar-refractivity contribution in [2.45, 2.75) is 30.7 Å². The van der Waals surface area contributed by atoms with Crippen LogP contribution in [0.25, 0.3) is 6.08 Å². The van der Waals surface area contributed by atoms with Gasteiger partial charge in [0.25, 0.3) is 0 Å². The van der Waals surface area contributed by atoms with Gasteiger partial charge in [-0.1, -0.05) is 6.07 Å². The largest absolute Gasteiger partial charge is 0.504 e. The molecule has 1 aromatic carbocycles. The fourth-order valence-electron chi connectivity index (χ4n) is 2.73. The molecule has 1 saturated heterocycles. The third-order valence-corrected chi connectivity index (χ3v) is 4.43. The minimum absolute atomic E-state index is 0.286. The van der Waals surface area contributed by atoms with E-state index in [-0.39, 0.29) is 17.2 Å². The van der Waals surface area contributed by atoms with Gasteiger partial charge in [0.15, 0.2) is 11.5 Å². The molecule has 31 heavy (non-hydrogen) atoms. The lowest BCUT2D eigenvalue weighted by molar-refractivity contribution is -0.278. The van der Waals surface area contributed by atoms with Crippen LogP contribution in [0.2, 0.25) is 0 Å². The van der Waals surface area contributed by atoms with Crippen LogP contribution in [0.15, 0.2) is 52.1 Å². The van der Waals surface area contributed by atoms with Crippen molar-refractivity contribution in [3.8, 4) is 17.2 Å². The highest BCUT2D eigenvalue weighted by molar-refractivity contribution is 5.87. The van der Waals surface area contributed by atoms with Crippen molar-refractivity contribution in [3.63, 3.8) is 0 Å². The molecule has 0 unspecified atom stereocenters. The van der Waals surface area contributed by atoms with Crippen LogP contribution in [0.4, 0.5) is 0 Å². The van der Waals surface area contributed by atoms with E-state index in [4.69, 9.17) is 18.6 Å². The summed E-state index contributed by atoms with van der Waals surface area (Å²) in [6.07, 6.45) is -3.34. The molecule has 1 fully saturated rings. The standard InChI is InChI=1S/C20H20O11/c21-11-3-1-10(7-13(11)23)2-4-16(24)29-9-15-17(25)18(26)19(27)20(31-15)30-14-8-28-6-5-12(14)22/h1-8,15,17-21,23,25-27H,9H2/t15-,17+,18-,19+,20+/m0/s1. The Morgan fingerprint density at radius 3 is 2.55 bits per heavy atom. The van der Waals surface area contributed by atoms with Gasteiger partial charge in [0, 0.05) is 12.1 Å². The van der Waals surface area contributed by atoms with Crippen molar-refractivity contribution in [1.82, 2.24) is 0 Å². The summed E-state index contributed by atoms with van der Waals surface area (Å²) in [5, 5.41) is 48.9. The van der Waals surface area contributed by atoms with Gasteiger partial charge in [-0.3, -0.25) is 4.79 Å². The summed E-state index contributed by atoms with van der Waals surface area (Å²) in [6, 6.07) is 5.00. The Morgan fingerprint density at radius 1 is 1.06 bits per heavy atom. The van der Waals surface area contributed by atoms with Gasteiger partial charge in [0.05, 0.1) is 6.26 Å². The molecule has 5 N–H and O–H groups in total. The van der Waals surface area contributed by atoms with E-state index in [9.17, 15) is 35.1 Å². The second-order valence-corrected chi connectivity index (χ2v) is 6.63. The number of hydrogen-bond acceptors (Lipinski definition) is 11. The van der Waals surface area contributed by atoms with Crippen molar-refractivity contribution in [3.05, 3.63) is 58.7 Å². The van der Waals surface area contributed by atoms with E-state index >= 15 is 0 Å². The highest BCUT2D eigenvalue weighted by atomic mass is 16.7. The van der Waals surface area contributed by atoms with E-state index in [2.05, 4.69) is 0 Å². The van der Waals surface area contributed by atoms with Crippen molar-refractivity contribution >= 4 is 12.0 Å². The van der Waals surface area contributed by atoms with Crippen LogP contribution in [0.1, 0.15) is 5.56 Å². The number of hydrogen-bond donors (Lipinski definition) is 5. The molecule has 1 aromatic heterocycles. The predicted molar refractivity (Wildman–Crippen MR) is 102 cm³/mol. The van der Waals surface area contributed by atoms with Gasteiger partial charge >= 0.3 is 5.97 Å². The lowest BCUT2D eigenvalue weighted by Gasteiger charge is -2.39. The summed E-state index contributed by atoms with van der Waals surface area (Å²) in [7, 11) is 0. The van der Waals surface area contributed by atoms with E-state index < -0.39 is 48.7 Å². The summed E-state index contributed by atoms with van der Waals surface area (Å²) < 4.78 is 20.4. The second-order valence-electron chi connectivity index (χ2n) is 6.63. The third-order valence-electron chi connectivity index (χ3n) is 4.43. The number of carbonyl (C=O) groups is 1. The second kappa shape index (κ2) is 9.62. The van der Waals surface area contributed by atoms with Crippen molar-refractivity contribution < 1.29 is 49.0 Å². The molecule has 0 spiro atoms. The SMILES string of the molecule is O=C(C=Cc1ccc(O)c(O)c1)OC[C@@H]1O[C@@H](Oc2coccc2=O)[C@H](O)[C@@H](O)[C@@H]1O. The molecule has 3 rings (SSSR count). The first-order valence-corrected chi connectivity index (χ1v) is 9.06. The van der Waals surface area contributed by atoms with Gasteiger partial charge in [0.1, 0.15) is 37.3 Å². The molecule has 1 aliphatic heterocycles. The first kappa shape index (κ1) is 22.3. The number of phenols is 2. The summed E-state index contributed by atoms with van der Waals surface area (Å²) in [6.45, 7) is -0.502. The molecule has 11 heteroatoms. The third kappa shape index (κ3) is 5.41. The fourth-order valence-corrected chi connectivity index (χ4v) is 2.73. The lowest BCUT2D eigenvalue weighted by Crippen LogP contribution is -2.60. The number of esters is 1. The van der Waals surface area contributed by atoms with Crippen molar-refractivity contribution in [2.75, 3.05) is 6.61 Å². The number of ether oxygens (including phenoxy) is 3. The molecule has 11 nitrogen and oxygen atoms in total. The van der Waals surface area contributed by atoms with Gasteiger partial charge in [-0.25, -0.2) is 4.79 Å². The van der Waals surface area contributed by atoms with Gasteiger partial charge < -0.3 is 44.2 Å². The summed E-state index contributed by atoms with van der Waals surface area (Å²) in [5.41, 5.74) is -0.147. The Hall–Kier alpha value is -3.38. The zero-order chi connectivity index (χ0) is 22.5. The average Bonchev–Trinajstić information content (AvgIpc) is 2.75. The van der Waals surface area contributed by atoms with E-state index in [1.54, 1.807) is 0 Å². The zero-order valence-electron chi connectivity index (χ0n) is 15.9. The molecule has 1 aliphatic rings. The Balaban J connectivity index is 1.61. The molecule has 2 aromatic rings. The predicted octanol–water partition coefficient (Wildman–Crippen LogP) is -0.506. The molecule has 0 saturated carbocycles. The normalized spacial score (nSPS) is 26.0. The lowest BCUT2D eigenvalue weighted by atomic mass is 9.99. The summed E-state index contributed by atoms with van der Waals surface area (Å²) in [4.78, 5) is 23.7. The topological polar surface area (TPSA) is 176 Å². The first-order chi connectivity index (χ1) is 14.8. The van der Waals surface area contributed by atoms with Gasteiger partial charge in [-0.2, -0.15) is 0 Å². The first-order valence-electron chi connectivity index (χ1n) is 9.06. The maximum atomic E-state index is 11.9. The zero-order valence-corrected chi connectivity index (χ0v) is 15.9. The van der Waals surface area contributed by atoms with Crippen LogP contribution >= 0.6 is 0 Å². The average molecular weight is 436 g/mol. The van der Waals surface area contributed by atoms with Crippen LogP contribution in [-0.2, 0) is 14.3 Å². The summed E-state index contributed by atoms with van der Waals surface area (Å²) >= 11 is 0. The monoisotopic (exact) mass is 436 g/mol. The van der Waals surface area contributed by atoms with Gasteiger partial charge in [-0.05, 0) is 23.8 Å². The quantitative estimate of drug-likeness (QED) is 0.224. The number of rotatable bonds is 6. The number of aromatic hydroxyl groups is 2. The molecule has 0 bridgehead atoms. The van der Waals surface area contributed by atoms with Crippen LogP contribution < -0.4 is 10.2 Å². The van der Waals surface area contributed by atoms with Crippen LogP contribution in [0.3, 0.4) is 0 Å². The van der Waals surface area contributed by atoms with Crippen LogP contribution in [-0.4, -0.2) is 68.8 Å². The highest BCUT2D eigenvalue weighted by Gasteiger charge is 2.45. The fraction of sp³-hybridized carbons (Fsp3) is 0.300. The number of aliphatic hydroxyl groups excluding tert-OH is 3. The van der Waals surface area contributed by atoms with Crippen LogP contribution in [0.5, 0.6) is 17.2 Å². The molecule has 166 valence electrons. The van der Waals surface area contributed by atoms with E-state index in [0.717, 1.165) is 24.7 Å². The number of benzene rings is 1. The molecule has 0 aliphatic carbocycles. The van der Waals surface area contributed by atoms with Crippen LogP contribution in [0, 0.1) is 0 Å². The van der Waals surface area contributed by atoms with E-state index in [1.165, 1.54) is 24.3 Å². The minimum Gasteiger partial charge on any atom is -0.504 e. The Morgan fingerprint density at radius 2 is 1.84 bits per heavy atom. The summed E-state index contributed by atoms with van der Waals surface area (Å²) in [5.74, 6) is -1.79. The Bertz CT molecular complexity index is 999. The number of carbonyl (C=O) groups excluding carboxylic acids is 1. The number of phenolic OH excluding ortho intramolecular Hbond substituents is 2. The maximum Gasteiger partial charge on any atom is 0.330 e. The van der Waals surface area contributed by atoms with Crippen molar-refractivity contribution in [2.24, 2.45) is 0 Å². The smallest absolute Gasteiger partial charge is 0.330 e. The minimum atomic E-state index is -1.70. The van der Waals surface area contributed by atoms with E-state index in [0.29, 0.717) is 5.56 Å². The molecule has 2 heterocycles. The molecule has 0 amide bonds. The van der Waals surface area contributed by atoms with Gasteiger partial charge in [0.2, 0.25) is 17.5 Å². The highest BCUT2D eigenvalue weighted by Crippen LogP contribution is 2.26. The van der Waals surface area contributed by atoms with Crippen molar-refractivity contribution in [1.29, 1.82) is 0 Å². The van der Waals surface area contributed by atoms with Gasteiger partial charge in [-0.15, -0.1) is 0 Å². The molecular weight excluding hydrogens is 416 g/mol. The number of aliphatic hydroxyl groups is 3. The molecule has 5 atom stereocenters. The molecular formula is C20H20O11. The Labute approximate surface area is 175 Å².